The van der Waals surface area contributed by atoms with E-state index in [0.29, 0.717) is 12.0 Å². The van der Waals surface area contributed by atoms with Crippen molar-refractivity contribution in [1.82, 2.24) is 34.3 Å². The first-order chi connectivity index (χ1) is 13.2. The summed E-state index contributed by atoms with van der Waals surface area (Å²) in [6.07, 6.45) is 7.17. The van der Waals surface area contributed by atoms with Crippen LogP contribution in [0.5, 0.6) is 0 Å². The van der Waals surface area contributed by atoms with Gasteiger partial charge >= 0.3 is 0 Å². The molecule has 0 amide bonds. The average Bonchev–Trinajstić information content (AvgIpc) is 3.26. The normalized spacial score (nSPS) is 15.6. The van der Waals surface area contributed by atoms with Crippen molar-refractivity contribution >= 4 is 28.3 Å². The fourth-order valence-electron chi connectivity index (χ4n) is 3.52. The summed E-state index contributed by atoms with van der Waals surface area (Å²) in [6.45, 7) is 5.54. The summed E-state index contributed by atoms with van der Waals surface area (Å²) in [5, 5.41) is 13.2. The number of hydrogen-bond donors (Lipinski definition) is 1. The molecule has 0 saturated carbocycles. The first-order valence-corrected chi connectivity index (χ1v) is 9.05. The molecule has 1 saturated heterocycles. The fraction of sp³-hybridized carbons (Fsp3) is 0.389. The van der Waals surface area contributed by atoms with Crippen molar-refractivity contribution in [1.29, 1.82) is 0 Å². The minimum Gasteiger partial charge on any atom is -0.381 e. The standard InChI is InChI=1S/C18H20N8O/c1-11-7-16-20-10-21-25(16)9-15(11)22-18-19-8-14-12(2)24-26(17(14)23-18)13-3-5-27-6-4-13/h7-10,13H,3-6H2,1-2H3,(H,19,22,23). The molecule has 0 spiro atoms. The van der Waals surface area contributed by atoms with E-state index in [4.69, 9.17) is 14.8 Å². The molecule has 4 aromatic heterocycles. The highest BCUT2D eigenvalue weighted by atomic mass is 16.5. The van der Waals surface area contributed by atoms with Crippen molar-refractivity contribution in [3.05, 3.63) is 36.0 Å². The summed E-state index contributed by atoms with van der Waals surface area (Å²) < 4.78 is 9.25. The summed E-state index contributed by atoms with van der Waals surface area (Å²) in [6, 6.07) is 2.29. The van der Waals surface area contributed by atoms with Gasteiger partial charge in [-0.2, -0.15) is 15.2 Å². The third-order valence-electron chi connectivity index (χ3n) is 5.04. The Hall–Kier alpha value is -3.07. The summed E-state index contributed by atoms with van der Waals surface area (Å²) in [5.74, 6) is 0.540. The number of anilines is 2. The molecule has 0 radical (unpaired) electrons. The van der Waals surface area contributed by atoms with Gasteiger partial charge in [-0.25, -0.2) is 19.2 Å². The number of nitrogens with zero attached hydrogens (tertiary/aromatic N) is 7. The lowest BCUT2D eigenvalue weighted by Crippen LogP contribution is -2.21. The van der Waals surface area contributed by atoms with Gasteiger partial charge < -0.3 is 10.1 Å². The maximum Gasteiger partial charge on any atom is 0.229 e. The SMILES string of the molecule is Cc1cc2ncnn2cc1Nc1ncc2c(C)nn(C3CCOCC3)c2n1. The maximum absolute atomic E-state index is 5.48. The quantitative estimate of drug-likeness (QED) is 0.597. The zero-order chi connectivity index (χ0) is 18.4. The molecule has 0 bridgehead atoms. The molecule has 5 heterocycles. The molecule has 0 aromatic carbocycles. The number of rotatable bonds is 3. The Kier molecular flexibility index (Phi) is 3.75. The highest BCUT2D eigenvalue weighted by Gasteiger charge is 2.21. The summed E-state index contributed by atoms with van der Waals surface area (Å²) in [7, 11) is 0. The first-order valence-electron chi connectivity index (χ1n) is 9.05. The Labute approximate surface area is 155 Å². The van der Waals surface area contributed by atoms with Crippen LogP contribution in [0.3, 0.4) is 0 Å². The van der Waals surface area contributed by atoms with Crippen LogP contribution in [0.15, 0.2) is 24.8 Å². The van der Waals surface area contributed by atoms with Gasteiger partial charge in [-0.3, -0.25) is 0 Å². The molecule has 9 nitrogen and oxygen atoms in total. The molecular weight excluding hydrogens is 344 g/mol. The van der Waals surface area contributed by atoms with E-state index in [0.717, 1.165) is 59.7 Å². The predicted octanol–water partition coefficient (Wildman–Crippen LogP) is 2.58. The molecule has 27 heavy (non-hydrogen) atoms. The lowest BCUT2D eigenvalue weighted by molar-refractivity contribution is 0.0672. The monoisotopic (exact) mass is 364 g/mol. The third kappa shape index (κ3) is 2.80. The van der Waals surface area contributed by atoms with E-state index in [1.165, 1.54) is 6.33 Å². The largest absolute Gasteiger partial charge is 0.381 e. The first kappa shape index (κ1) is 16.1. The van der Waals surface area contributed by atoms with Crippen LogP contribution < -0.4 is 5.32 Å². The smallest absolute Gasteiger partial charge is 0.229 e. The predicted molar refractivity (Wildman–Crippen MR) is 100 cm³/mol. The number of hydrogen-bond acceptors (Lipinski definition) is 7. The molecule has 1 aliphatic rings. The molecule has 0 aliphatic carbocycles. The number of aryl methyl sites for hydroxylation is 2. The van der Waals surface area contributed by atoms with Crippen LogP contribution >= 0.6 is 0 Å². The lowest BCUT2D eigenvalue weighted by atomic mass is 10.1. The molecule has 1 N–H and O–H groups in total. The number of pyridine rings is 1. The van der Waals surface area contributed by atoms with Crippen molar-refractivity contribution in [2.45, 2.75) is 32.7 Å². The van der Waals surface area contributed by atoms with Crippen molar-refractivity contribution in [3.8, 4) is 0 Å². The average molecular weight is 364 g/mol. The van der Waals surface area contributed by atoms with Gasteiger partial charge in [0.05, 0.1) is 29.0 Å². The van der Waals surface area contributed by atoms with Crippen LogP contribution in [0.2, 0.25) is 0 Å². The minimum absolute atomic E-state index is 0.311. The molecule has 0 unspecified atom stereocenters. The van der Waals surface area contributed by atoms with Crippen LogP contribution in [-0.2, 0) is 4.74 Å². The van der Waals surface area contributed by atoms with Gasteiger partial charge in [-0.1, -0.05) is 0 Å². The summed E-state index contributed by atoms with van der Waals surface area (Å²) >= 11 is 0. The summed E-state index contributed by atoms with van der Waals surface area (Å²) in [5.41, 5.74) is 4.55. The third-order valence-corrected chi connectivity index (χ3v) is 5.04. The Morgan fingerprint density at radius 2 is 2.04 bits per heavy atom. The Balaban J connectivity index is 1.54. The number of fused-ring (bicyclic) bond motifs is 2. The van der Waals surface area contributed by atoms with E-state index in [2.05, 4.69) is 20.4 Å². The van der Waals surface area contributed by atoms with Crippen LogP contribution in [0, 0.1) is 13.8 Å². The Morgan fingerprint density at radius 1 is 1.19 bits per heavy atom. The van der Waals surface area contributed by atoms with E-state index in [9.17, 15) is 0 Å². The molecular formula is C18H20N8O. The van der Waals surface area contributed by atoms with Gasteiger partial charge in [0.25, 0.3) is 0 Å². The second kappa shape index (κ2) is 6.27. The Morgan fingerprint density at radius 3 is 2.89 bits per heavy atom. The zero-order valence-corrected chi connectivity index (χ0v) is 15.3. The molecule has 5 rings (SSSR count). The van der Waals surface area contributed by atoms with Crippen LogP contribution in [0.25, 0.3) is 16.7 Å². The maximum atomic E-state index is 5.48. The number of ether oxygens (including phenoxy) is 1. The van der Waals surface area contributed by atoms with E-state index in [-0.39, 0.29) is 0 Å². The van der Waals surface area contributed by atoms with Crippen molar-refractivity contribution in [3.63, 3.8) is 0 Å². The number of aromatic nitrogens is 7. The highest BCUT2D eigenvalue weighted by molar-refractivity contribution is 5.79. The van der Waals surface area contributed by atoms with Crippen LogP contribution in [0.4, 0.5) is 11.6 Å². The van der Waals surface area contributed by atoms with Gasteiger partial charge in [0.15, 0.2) is 11.3 Å². The van der Waals surface area contributed by atoms with E-state index in [1.807, 2.05) is 37.0 Å². The van der Waals surface area contributed by atoms with Crippen molar-refractivity contribution in [2.75, 3.05) is 18.5 Å². The molecule has 4 aromatic rings. The fourth-order valence-corrected chi connectivity index (χ4v) is 3.52. The van der Waals surface area contributed by atoms with E-state index < -0.39 is 0 Å². The molecule has 1 fully saturated rings. The Bertz CT molecular complexity index is 1130. The topological polar surface area (TPSA) is 95.1 Å². The molecule has 138 valence electrons. The van der Waals surface area contributed by atoms with Gasteiger partial charge in [0, 0.05) is 19.4 Å². The highest BCUT2D eigenvalue weighted by Crippen LogP contribution is 2.27. The van der Waals surface area contributed by atoms with E-state index in [1.54, 1.807) is 4.52 Å². The lowest BCUT2D eigenvalue weighted by Gasteiger charge is -2.22. The molecule has 0 atom stereocenters. The number of nitrogens with one attached hydrogen (secondary N) is 1. The van der Waals surface area contributed by atoms with Crippen LogP contribution in [-0.4, -0.2) is 47.6 Å². The second-order valence-electron chi connectivity index (χ2n) is 6.86. The van der Waals surface area contributed by atoms with Gasteiger partial charge in [0.1, 0.15) is 6.33 Å². The van der Waals surface area contributed by atoms with Gasteiger partial charge in [0.2, 0.25) is 5.95 Å². The van der Waals surface area contributed by atoms with E-state index >= 15 is 0 Å². The van der Waals surface area contributed by atoms with Gasteiger partial charge in [-0.15, -0.1) is 0 Å². The van der Waals surface area contributed by atoms with Gasteiger partial charge in [-0.05, 0) is 38.3 Å². The molecule has 9 heteroatoms. The minimum atomic E-state index is 0.311. The van der Waals surface area contributed by atoms with Crippen molar-refractivity contribution < 1.29 is 4.74 Å². The second-order valence-corrected chi connectivity index (χ2v) is 6.86. The van der Waals surface area contributed by atoms with Crippen LogP contribution in [0.1, 0.15) is 30.1 Å². The summed E-state index contributed by atoms with van der Waals surface area (Å²) in [4.78, 5) is 13.5. The molecule has 1 aliphatic heterocycles. The van der Waals surface area contributed by atoms with Crippen molar-refractivity contribution in [2.24, 2.45) is 0 Å². The zero-order valence-electron chi connectivity index (χ0n) is 15.3.